The molecule has 0 aliphatic carbocycles. The molecular formula is C18H22BrN2O+. The van der Waals surface area contributed by atoms with Crippen LogP contribution in [0.2, 0.25) is 0 Å². The van der Waals surface area contributed by atoms with Crippen molar-refractivity contribution < 1.29 is 9.69 Å². The van der Waals surface area contributed by atoms with Crippen molar-refractivity contribution in [2.75, 3.05) is 12.4 Å². The maximum absolute atomic E-state index is 12.3. The molecule has 3 nitrogen and oxygen atoms in total. The fourth-order valence-electron chi connectivity index (χ4n) is 2.19. The van der Waals surface area contributed by atoms with Gasteiger partial charge < -0.3 is 10.2 Å². The number of rotatable bonds is 5. The molecule has 2 aromatic carbocycles. The predicted octanol–water partition coefficient (Wildman–Crippen LogP) is 2.80. The molecule has 2 aromatic rings. The normalized spacial score (nSPS) is 13.5. The minimum atomic E-state index is -0.120. The molecule has 0 saturated heterocycles. The average molecular weight is 362 g/mol. The number of aryl methyl sites for hydroxylation is 1. The van der Waals surface area contributed by atoms with Crippen molar-refractivity contribution in [3.63, 3.8) is 0 Å². The zero-order valence-corrected chi connectivity index (χ0v) is 14.8. The number of carbonyl (C=O) groups excluding carboxylic acids is 1. The van der Waals surface area contributed by atoms with Gasteiger partial charge in [-0.2, -0.15) is 0 Å². The van der Waals surface area contributed by atoms with Crippen LogP contribution in [0.15, 0.2) is 53.0 Å². The van der Waals surface area contributed by atoms with Crippen LogP contribution in [-0.4, -0.2) is 19.0 Å². The first-order valence-corrected chi connectivity index (χ1v) is 8.19. The smallest absolute Gasteiger partial charge is 0.282 e. The standard InChI is InChI=1S/C18H21BrN2O/c1-13-4-6-15(7-5-13)12-21(3)14(2)18(22)20-17-10-8-16(19)9-11-17/h4-11,14H,12H2,1-3H3,(H,20,22)/p+1/t14-/m0/s1. The summed E-state index contributed by atoms with van der Waals surface area (Å²) in [6.07, 6.45) is 0. The highest BCUT2D eigenvalue weighted by molar-refractivity contribution is 9.10. The van der Waals surface area contributed by atoms with Crippen LogP contribution in [0.4, 0.5) is 5.69 Å². The van der Waals surface area contributed by atoms with Crippen molar-refractivity contribution in [3.8, 4) is 0 Å². The van der Waals surface area contributed by atoms with E-state index in [2.05, 4.69) is 52.4 Å². The second-order valence-electron chi connectivity index (χ2n) is 5.73. The second kappa shape index (κ2) is 7.56. The number of hydrogen-bond donors (Lipinski definition) is 2. The average Bonchev–Trinajstić information content (AvgIpc) is 2.51. The number of halogens is 1. The molecule has 0 spiro atoms. The molecule has 0 radical (unpaired) electrons. The third kappa shape index (κ3) is 4.68. The Labute approximate surface area is 140 Å². The van der Waals surface area contributed by atoms with E-state index in [1.807, 2.05) is 38.2 Å². The Morgan fingerprint density at radius 3 is 2.32 bits per heavy atom. The van der Waals surface area contributed by atoms with Gasteiger partial charge in [-0.3, -0.25) is 4.79 Å². The number of benzene rings is 2. The van der Waals surface area contributed by atoms with Crippen LogP contribution in [0.3, 0.4) is 0 Å². The van der Waals surface area contributed by atoms with Gasteiger partial charge in [0, 0.05) is 15.7 Å². The Hall–Kier alpha value is -1.65. The fraction of sp³-hybridized carbons (Fsp3) is 0.278. The summed E-state index contributed by atoms with van der Waals surface area (Å²) in [6.45, 7) is 4.86. The summed E-state index contributed by atoms with van der Waals surface area (Å²) in [5.41, 5.74) is 3.32. The third-order valence-corrected chi connectivity index (χ3v) is 4.38. The van der Waals surface area contributed by atoms with E-state index >= 15 is 0 Å². The maximum Gasteiger partial charge on any atom is 0.282 e. The molecule has 2 rings (SSSR count). The van der Waals surface area contributed by atoms with Gasteiger partial charge in [0.25, 0.3) is 5.91 Å². The van der Waals surface area contributed by atoms with Crippen LogP contribution < -0.4 is 10.2 Å². The molecule has 1 amide bonds. The van der Waals surface area contributed by atoms with Crippen LogP contribution in [-0.2, 0) is 11.3 Å². The Morgan fingerprint density at radius 1 is 1.14 bits per heavy atom. The molecule has 0 bridgehead atoms. The fourth-order valence-corrected chi connectivity index (χ4v) is 2.45. The highest BCUT2D eigenvalue weighted by Gasteiger charge is 2.21. The topological polar surface area (TPSA) is 33.5 Å². The molecule has 116 valence electrons. The summed E-state index contributed by atoms with van der Waals surface area (Å²) in [5, 5.41) is 2.96. The van der Waals surface area contributed by atoms with Crippen molar-refractivity contribution in [2.45, 2.75) is 26.4 Å². The minimum Gasteiger partial charge on any atom is -0.324 e. The van der Waals surface area contributed by atoms with Gasteiger partial charge in [-0.25, -0.2) is 0 Å². The molecule has 0 aromatic heterocycles. The summed E-state index contributed by atoms with van der Waals surface area (Å²) in [6, 6.07) is 16.0. The third-order valence-electron chi connectivity index (χ3n) is 3.85. The van der Waals surface area contributed by atoms with Crippen molar-refractivity contribution in [2.24, 2.45) is 0 Å². The number of quaternary nitrogens is 1. The van der Waals surface area contributed by atoms with E-state index in [0.29, 0.717) is 0 Å². The van der Waals surface area contributed by atoms with Gasteiger partial charge in [-0.15, -0.1) is 0 Å². The molecule has 22 heavy (non-hydrogen) atoms. The molecule has 2 N–H and O–H groups in total. The van der Waals surface area contributed by atoms with Gasteiger partial charge in [0.1, 0.15) is 6.54 Å². The molecule has 1 unspecified atom stereocenters. The molecular weight excluding hydrogens is 340 g/mol. The summed E-state index contributed by atoms with van der Waals surface area (Å²) in [5.74, 6) is 0.0342. The van der Waals surface area contributed by atoms with E-state index in [-0.39, 0.29) is 11.9 Å². The SMILES string of the molecule is Cc1ccc(C[NH+](C)[C@@H](C)C(=O)Nc2ccc(Br)cc2)cc1. The van der Waals surface area contributed by atoms with E-state index in [1.165, 1.54) is 16.0 Å². The molecule has 0 aliphatic rings. The lowest BCUT2D eigenvalue weighted by atomic mass is 10.1. The van der Waals surface area contributed by atoms with Gasteiger partial charge in [0.05, 0.1) is 7.05 Å². The summed E-state index contributed by atoms with van der Waals surface area (Å²) in [7, 11) is 2.05. The number of anilines is 1. The lowest BCUT2D eigenvalue weighted by Crippen LogP contribution is -3.12. The lowest BCUT2D eigenvalue weighted by Gasteiger charge is -2.21. The monoisotopic (exact) mass is 361 g/mol. The van der Waals surface area contributed by atoms with Crippen LogP contribution in [0.5, 0.6) is 0 Å². The summed E-state index contributed by atoms with van der Waals surface area (Å²) < 4.78 is 1.00. The Balaban J connectivity index is 1.94. The summed E-state index contributed by atoms with van der Waals surface area (Å²) in [4.78, 5) is 13.5. The van der Waals surface area contributed by atoms with E-state index in [9.17, 15) is 4.79 Å². The van der Waals surface area contributed by atoms with Gasteiger partial charge >= 0.3 is 0 Å². The molecule has 4 heteroatoms. The summed E-state index contributed by atoms with van der Waals surface area (Å²) >= 11 is 3.39. The Kier molecular flexibility index (Phi) is 5.75. The Morgan fingerprint density at radius 2 is 1.73 bits per heavy atom. The van der Waals surface area contributed by atoms with Crippen molar-refractivity contribution in [3.05, 3.63) is 64.1 Å². The first-order chi connectivity index (χ1) is 10.5. The maximum atomic E-state index is 12.3. The van der Waals surface area contributed by atoms with Crippen LogP contribution >= 0.6 is 15.9 Å². The zero-order valence-electron chi connectivity index (χ0n) is 13.2. The molecule has 0 fully saturated rings. The Bertz CT molecular complexity index is 623. The van der Waals surface area contributed by atoms with Crippen LogP contribution in [0, 0.1) is 6.92 Å². The van der Waals surface area contributed by atoms with E-state index in [4.69, 9.17) is 0 Å². The van der Waals surface area contributed by atoms with Crippen molar-refractivity contribution in [1.29, 1.82) is 0 Å². The quantitative estimate of drug-likeness (QED) is 0.843. The highest BCUT2D eigenvalue weighted by Crippen LogP contribution is 2.14. The first kappa shape index (κ1) is 16.7. The molecule has 2 atom stereocenters. The van der Waals surface area contributed by atoms with Crippen LogP contribution in [0.25, 0.3) is 0 Å². The number of amides is 1. The zero-order chi connectivity index (χ0) is 16.1. The molecule has 0 saturated carbocycles. The van der Waals surface area contributed by atoms with E-state index in [1.54, 1.807) is 0 Å². The highest BCUT2D eigenvalue weighted by atomic mass is 79.9. The van der Waals surface area contributed by atoms with Crippen molar-refractivity contribution in [1.82, 2.24) is 0 Å². The minimum absolute atomic E-state index is 0.0342. The van der Waals surface area contributed by atoms with Gasteiger partial charge in [0.15, 0.2) is 6.04 Å². The first-order valence-electron chi connectivity index (χ1n) is 7.40. The van der Waals surface area contributed by atoms with Gasteiger partial charge in [-0.1, -0.05) is 45.8 Å². The largest absolute Gasteiger partial charge is 0.324 e. The van der Waals surface area contributed by atoms with E-state index in [0.717, 1.165) is 16.7 Å². The lowest BCUT2D eigenvalue weighted by molar-refractivity contribution is -0.907. The predicted molar refractivity (Wildman–Crippen MR) is 94.0 cm³/mol. The van der Waals surface area contributed by atoms with Crippen LogP contribution in [0.1, 0.15) is 18.1 Å². The van der Waals surface area contributed by atoms with Gasteiger partial charge in [-0.05, 0) is 38.1 Å². The number of hydrogen-bond acceptors (Lipinski definition) is 1. The second-order valence-corrected chi connectivity index (χ2v) is 6.64. The number of carbonyl (C=O) groups is 1. The van der Waals surface area contributed by atoms with Crippen molar-refractivity contribution >= 4 is 27.5 Å². The molecule has 0 heterocycles. The van der Waals surface area contributed by atoms with Gasteiger partial charge in [0.2, 0.25) is 0 Å². The van der Waals surface area contributed by atoms with E-state index < -0.39 is 0 Å². The molecule has 0 aliphatic heterocycles. The number of nitrogens with one attached hydrogen (secondary N) is 2. The number of likely N-dealkylation sites (N-methyl/N-ethyl adjacent to an activating group) is 1.